The van der Waals surface area contributed by atoms with E-state index in [4.69, 9.17) is 5.73 Å². The van der Waals surface area contributed by atoms with Crippen molar-refractivity contribution in [2.45, 2.75) is 20.0 Å². The molecule has 1 heterocycles. The van der Waals surface area contributed by atoms with Gasteiger partial charge in [-0.1, -0.05) is 6.92 Å². The average molecular weight is 298 g/mol. The first-order chi connectivity index (χ1) is 10.0. The fourth-order valence-electron chi connectivity index (χ4n) is 2.60. The molecule has 0 spiro atoms. The van der Waals surface area contributed by atoms with Crippen molar-refractivity contribution in [2.75, 3.05) is 19.6 Å². The number of hydrogen-bond acceptors (Lipinski definition) is 3. The van der Waals surface area contributed by atoms with Crippen molar-refractivity contribution in [3.63, 3.8) is 0 Å². The molecule has 2 N–H and O–H groups in total. The second-order valence-electron chi connectivity index (χ2n) is 5.42. The molecule has 0 radical (unpaired) electrons. The molecule has 0 aromatic heterocycles. The van der Waals surface area contributed by atoms with Crippen LogP contribution in [0.3, 0.4) is 0 Å². The number of likely N-dealkylation sites (tertiary alicyclic amines) is 1. The monoisotopic (exact) mass is 298 g/mol. The molecule has 1 aromatic rings. The van der Waals surface area contributed by atoms with E-state index in [9.17, 15) is 13.6 Å². The van der Waals surface area contributed by atoms with Crippen LogP contribution in [0.15, 0.2) is 24.3 Å². The molecule has 6 heteroatoms. The van der Waals surface area contributed by atoms with Gasteiger partial charge in [0.15, 0.2) is 0 Å². The van der Waals surface area contributed by atoms with Gasteiger partial charge in [0.05, 0.1) is 0 Å². The fourth-order valence-corrected chi connectivity index (χ4v) is 2.60. The number of alkyl halides is 2. The summed E-state index contributed by atoms with van der Waals surface area (Å²) < 4.78 is 28.4. The van der Waals surface area contributed by atoms with Crippen LogP contribution in [0.25, 0.3) is 0 Å². The maximum Gasteiger partial charge on any atom is 0.387 e. The van der Waals surface area contributed by atoms with Crippen molar-refractivity contribution in [1.82, 2.24) is 4.90 Å². The summed E-state index contributed by atoms with van der Waals surface area (Å²) in [5, 5.41) is 0. The van der Waals surface area contributed by atoms with Gasteiger partial charge in [0.2, 0.25) is 0 Å². The molecule has 0 bridgehead atoms. The van der Waals surface area contributed by atoms with Gasteiger partial charge < -0.3 is 15.4 Å². The summed E-state index contributed by atoms with van der Waals surface area (Å²) >= 11 is 0. The van der Waals surface area contributed by atoms with Crippen molar-refractivity contribution >= 4 is 5.91 Å². The largest absolute Gasteiger partial charge is 0.435 e. The van der Waals surface area contributed by atoms with Crippen molar-refractivity contribution in [3.8, 4) is 5.75 Å². The highest BCUT2D eigenvalue weighted by atomic mass is 19.3. The highest BCUT2D eigenvalue weighted by Gasteiger charge is 2.28. The van der Waals surface area contributed by atoms with Crippen LogP contribution in [0.1, 0.15) is 23.7 Å². The minimum Gasteiger partial charge on any atom is -0.435 e. The van der Waals surface area contributed by atoms with Crippen LogP contribution >= 0.6 is 0 Å². The Morgan fingerprint density at radius 2 is 2.10 bits per heavy atom. The molecule has 2 unspecified atom stereocenters. The van der Waals surface area contributed by atoms with Crippen LogP contribution in [-0.2, 0) is 0 Å². The first-order valence-corrected chi connectivity index (χ1v) is 7.05. The van der Waals surface area contributed by atoms with Crippen molar-refractivity contribution in [2.24, 2.45) is 17.6 Å². The van der Waals surface area contributed by atoms with Crippen molar-refractivity contribution in [1.29, 1.82) is 0 Å². The molecule has 1 saturated heterocycles. The number of piperidine rings is 1. The number of amides is 1. The summed E-state index contributed by atoms with van der Waals surface area (Å²) in [5.74, 6) is 0.780. The Balaban J connectivity index is 2.02. The van der Waals surface area contributed by atoms with Gasteiger partial charge in [0, 0.05) is 18.7 Å². The Labute approximate surface area is 122 Å². The number of carbonyl (C=O) groups is 1. The lowest BCUT2D eigenvalue weighted by Gasteiger charge is -2.36. The molecular formula is C15H20F2N2O2. The molecular weight excluding hydrogens is 278 g/mol. The highest BCUT2D eigenvalue weighted by Crippen LogP contribution is 2.24. The van der Waals surface area contributed by atoms with E-state index in [1.165, 1.54) is 24.3 Å². The van der Waals surface area contributed by atoms with E-state index in [1.54, 1.807) is 4.90 Å². The maximum atomic E-state index is 12.4. The van der Waals surface area contributed by atoms with Crippen LogP contribution in [-0.4, -0.2) is 37.1 Å². The number of ether oxygens (including phenoxy) is 1. The van der Waals surface area contributed by atoms with Gasteiger partial charge in [0.1, 0.15) is 5.75 Å². The fraction of sp³-hybridized carbons (Fsp3) is 0.533. The van der Waals surface area contributed by atoms with E-state index in [-0.39, 0.29) is 11.7 Å². The summed E-state index contributed by atoms with van der Waals surface area (Å²) in [4.78, 5) is 14.2. The smallest absolute Gasteiger partial charge is 0.387 e. The van der Waals surface area contributed by atoms with Gasteiger partial charge in [-0.25, -0.2) is 0 Å². The normalized spacial score (nSPS) is 22.4. The zero-order valence-corrected chi connectivity index (χ0v) is 12.0. The number of halogens is 2. The number of benzene rings is 1. The molecule has 4 nitrogen and oxygen atoms in total. The van der Waals surface area contributed by atoms with E-state index >= 15 is 0 Å². The van der Waals surface area contributed by atoms with E-state index in [2.05, 4.69) is 11.7 Å². The van der Waals surface area contributed by atoms with Crippen LogP contribution in [0.4, 0.5) is 8.78 Å². The Morgan fingerprint density at radius 1 is 1.43 bits per heavy atom. The number of nitrogens with zero attached hydrogens (tertiary/aromatic N) is 1. The first kappa shape index (κ1) is 15.7. The molecule has 0 aliphatic carbocycles. The first-order valence-electron chi connectivity index (χ1n) is 7.05. The minimum atomic E-state index is -2.86. The van der Waals surface area contributed by atoms with Gasteiger partial charge in [-0.15, -0.1) is 0 Å². The van der Waals surface area contributed by atoms with Gasteiger partial charge in [-0.05, 0) is 49.1 Å². The van der Waals surface area contributed by atoms with Crippen LogP contribution in [0.2, 0.25) is 0 Å². The molecule has 116 valence electrons. The summed E-state index contributed by atoms with van der Waals surface area (Å²) in [5.41, 5.74) is 6.21. The third-order valence-electron chi connectivity index (χ3n) is 4.03. The number of carbonyl (C=O) groups excluding carboxylic acids is 1. The third kappa shape index (κ3) is 3.91. The standard InChI is InChI=1S/C15H20F2N2O2/c1-10-6-7-19(9-12(10)8-18)14(20)11-2-4-13(5-3-11)21-15(16)17/h2-5,10,12,15H,6-9,18H2,1H3. The minimum absolute atomic E-state index is 0.0497. The second kappa shape index (κ2) is 6.85. The average Bonchev–Trinajstić information content (AvgIpc) is 2.47. The summed E-state index contributed by atoms with van der Waals surface area (Å²) in [7, 11) is 0. The molecule has 1 aliphatic heterocycles. The Kier molecular flexibility index (Phi) is 5.12. The zero-order chi connectivity index (χ0) is 15.4. The van der Waals surface area contributed by atoms with Gasteiger partial charge in [-0.2, -0.15) is 8.78 Å². The molecule has 1 amide bonds. The van der Waals surface area contributed by atoms with E-state index in [0.29, 0.717) is 37.0 Å². The van der Waals surface area contributed by atoms with Crippen molar-refractivity contribution in [3.05, 3.63) is 29.8 Å². The molecule has 2 rings (SSSR count). The topological polar surface area (TPSA) is 55.6 Å². The molecule has 21 heavy (non-hydrogen) atoms. The van der Waals surface area contributed by atoms with Gasteiger partial charge in [-0.3, -0.25) is 4.79 Å². The number of hydrogen-bond donors (Lipinski definition) is 1. The maximum absolute atomic E-state index is 12.4. The van der Waals surface area contributed by atoms with E-state index in [1.807, 2.05) is 0 Å². The van der Waals surface area contributed by atoms with E-state index < -0.39 is 6.61 Å². The predicted octanol–water partition coefficient (Wildman–Crippen LogP) is 2.34. The molecule has 2 atom stereocenters. The molecule has 1 aromatic carbocycles. The summed E-state index contributed by atoms with van der Waals surface area (Å²) in [6.07, 6.45) is 0.931. The lowest BCUT2D eigenvalue weighted by atomic mass is 9.87. The zero-order valence-electron chi connectivity index (χ0n) is 12.0. The van der Waals surface area contributed by atoms with Gasteiger partial charge >= 0.3 is 6.61 Å². The Morgan fingerprint density at radius 3 is 2.67 bits per heavy atom. The summed E-state index contributed by atoms with van der Waals surface area (Å²) in [6, 6.07) is 5.78. The SMILES string of the molecule is CC1CCN(C(=O)c2ccc(OC(F)F)cc2)CC1CN. The van der Waals surface area contributed by atoms with Gasteiger partial charge in [0.25, 0.3) is 5.91 Å². The summed E-state index contributed by atoms with van der Waals surface area (Å²) in [6.45, 7) is 1.19. The highest BCUT2D eigenvalue weighted by molar-refractivity contribution is 5.94. The predicted molar refractivity (Wildman–Crippen MR) is 75.3 cm³/mol. The van der Waals surface area contributed by atoms with E-state index in [0.717, 1.165) is 6.42 Å². The van der Waals surface area contributed by atoms with Crippen LogP contribution < -0.4 is 10.5 Å². The lowest BCUT2D eigenvalue weighted by molar-refractivity contribution is -0.0498. The third-order valence-corrected chi connectivity index (χ3v) is 4.03. The lowest BCUT2D eigenvalue weighted by Crippen LogP contribution is -2.45. The number of rotatable bonds is 4. The van der Waals surface area contributed by atoms with Crippen molar-refractivity contribution < 1.29 is 18.3 Å². The molecule has 1 fully saturated rings. The number of nitrogens with two attached hydrogens (primary N) is 1. The van der Waals surface area contributed by atoms with Crippen LogP contribution in [0, 0.1) is 11.8 Å². The molecule has 0 saturated carbocycles. The Bertz CT molecular complexity index is 479. The molecule has 1 aliphatic rings. The van der Waals surface area contributed by atoms with Crippen LogP contribution in [0.5, 0.6) is 5.75 Å². The quantitative estimate of drug-likeness (QED) is 0.928. The second-order valence-corrected chi connectivity index (χ2v) is 5.42. The Hall–Kier alpha value is -1.69.